The van der Waals surface area contributed by atoms with Gasteiger partial charge in [0, 0.05) is 44.7 Å². The van der Waals surface area contributed by atoms with E-state index in [1.165, 1.54) is 5.56 Å². The lowest BCUT2D eigenvalue weighted by Gasteiger charge is -2.49. The number of hydrogen-bond acceptors (Lipinski definition) is 4. The lowest BCUT2D eigenvalue weighted by atomic mass is 9.86. The smallest absolute Gasteiger partial charge is 0.220 e. The van der Waals surface area contributed by atoms with Crippen LogP contribution in [0.5, 0.6) is 0 Å². The summed E-state index contributed by atoms with van der Waals surface area (Å²) in [6.45, 7) is 6.36. The monoisotopic (exact) mass is 331 g/mol. The molecule has 1 aromatic rings. The first-order valence-corrected chi connectivity index (χ1v) is 9.00. The van der Waals surface area contributed by atoms with Crippen LogP contribution in [0.2, 0.25) is 0 Å². The van der Waals surface area contributed by atoms with Gasteiger partial charge < -0.3 is 10.1 Å². The molecule has 5 heteroatoms. The van der Waals surface area contributed by atoms with Gasteiger partial charge in [-0.1, -0.05) is 30.3 Å². The maximum absolute atomic E-state index is 11.7. The van der Waals surface area contributed by atoms with Gasteiger partial charge in [0.05, 0.1) is 13.2 Å². The molecule has 1 amide bonds. The number of carbonyl (C=O) groups is 1. The number of nitrogens with one attached hydrogen (secondary N) is 1. The summed E-state index contributed by atoms with van der Waals surface area (Å²) in [7, 11) is 2.21. The fraction of sp³-hybridized carbons (Fsp3) is 0.632. The molecule has 2 aliphatic rings. The zero-order valence-electron chi connectivity index (χ0n) is 14.7. The van der Waals surface area contributed by atoms with Crippen LogP contribution in [0.25, 0.3) is 0 Å². The molecule has 2 saturated heterocycles. The van der Waals surface area contributed by atoms with Crippen molar-refractivity contribution in [2.24, 2.45) is 0 Å². The predicted octanol–water partition coefficient (Wildman–Crippen LogP) is 1.49. The molecule has 2 fully saturated rings. The van der Waals surface area contributed by atoms with Gasteiger partial charge in [-0.15, -0.1) is 0 Å². The third-order valence-corrected chi connectivity index (χ3v) is 5.47. The van der Waals surface area contributed by atoms with Gasteiger partial charge in [0.15, 0.2) is 0 Å². The van der Waals surface area contributed by atoms with Crippen molar-refractivity contribution in [3.8, 4) is 0 Å². The van der Waals surface area contributed by atoms with E-state index in [4.69, 9.17) is 4.74 Å². The molecular weight excluding hydrogens is 302 g/mol. The number of amides is 1. The Morgan fingerprint density at radius 2 is 2.04 bits per heavy atom. The predicted molar refractivity (Wildman–Crippen MR) is 94.8 cm³/mol. The normalized spacial score (nSPS) is 26.3. The number of hydrogen-bond donors (Lipinski definition) is 1. The summed E-state index contributed by atoms with van der Waals surface area (Å²) in [6, 6.07) is 10.3. The van der Waals surface area contributed by atoms with Crippen LogP contribution >= 0.6 is 0 Å². The van der Waals surface area contributed by atoms with Crippen LogP contribution in [0.4, 0.5) is 0 Å². The molecule has 2 aliphatic heterocycles. The van der Waals surface area contributed by atoms with E-state index in [-0.39, 0.29) is 11.4 Å². The fourth-order valence-electron chi connectivity index (χ4n) is 3.83. The number of likely N-dealkylation sites (N-methyl/N-ethyl adjacent to an activating group) is 1. The SMILES string of the molecule is CN1CCN(CCOCc2ccccc2)C[C@@]12CCNC(=O)CC2. The van der Waals surface area contributed by atoms with Crippen molar-refractivity contribution in [1.29, 1.82) is 0 Å². The molecule has 0 unspecified atom stereocenters. The van der Waals surface area contributed by atoms with Crippen molar-refractivity contribution in [2.75, 3.05) is 46.4 Å². The van der Waals surface area contributed by atoms with E-state index < -0.39 is 0 Å². The van der Waals surface area contributed by atoms with Crippen LogP contribution < -0.4 is 5.32 Å². The molecule has 1 aromatic carbocycles. The Morgan fingerprint density at radius 3 is 2.88 bits per heavy atom. The van der Waals surface area contributed by atoms with E-state index in [9.17, 15) is 4.79 Å². The minimum atomic E-state index is 0.136. The van der Waals surface area contributed by atoms with Gasteiger partial charge in [-0.25, -0.2) is 0 Å². The number of rotatable bonds is 5. The molecule has 1 atom stereocenters. The second-order valence-corrected chi connectivity index (χ2v) is 7.06. The number of benzene rings is 1. The van der Waals surface area contributed by atoms with E-state index >= 15 is 0 Å². The quantitative estimate of drug-likeness (QED) is 0.831. The van der Waals surface area contributed by atoms with Crippen LogP contribution in [-0.2, 0) is 16.1 Å². The van der Waals surface area contributed by atoms with Crippen LogP contribution in [0.1, 0.15) is 24.8 Å². The molecule has 0 saturated carbocycles. The van der Waals surface area contributed by atoms with Crippen LogP contribution in [0, 0.1) is 0 Å². The third-order valence-electron chi connectivity index (χ3n) is 5.47. The summed E-state index contributed by atoms with van der Waals surface area (Å²) in [6.07, 6.45) is 2.63. The van der Waals surface area contributed by atoms with Gasteiger partial charge >= 0.3 is 0 Å². The average Bonchev–Trinajstić information content (AvgIpc) is 2.78. The standard InChI is InChI=1S/C19H29N3O2/c1-21-11-12-22(13-14-24-15-17-5-3-2-4-6-17)16-19(21)8-7-18(23)20-10-9-19/h2-6H,7-16H2,1H3,(H,20,23)/t19-/m1/s1. The molecule has 2 heterocycles. The minimum Gasteiger partial charge on any atom is -0.375 e. The lowest BCUT2D eigenvalue weighted by Crippen LogP contribution is -2.61. The molecule has 0 radical (unpaired) electrons. The van der Waals surface area contributed by atoms with Crippen molar-refractivity contribution in [3.63, 3.8) is 0 Å². The Morgan fingerprint density at radius 1 is 1.21 bits per heavy atom. The van der Waals surface area contributed by atoms with Gasteiger partial charge in [0.1, 0.15) is 0 Å². The van der Waals surface area contributed by atoms with Crippen LogP contribution in [0.3, 0.4) is 0 Å². The Hall–Kier alpha value is -1.43. The van der Waals surface area contributed by atoms with E-state index in [2.05, 4.69) is 34.3 Å². The van der Waals surface area contributed by atoms with Gasteiger partial charge in [0.2, 0.25) is 5.91 Å². The Bertz CT molecular complexity index is 537. The molecule has 0 aliphatic carbocycles. The Balaban J connectivity index is 1.47. The highest BCUT2D eigenvalue weighted by atomic mass is 16.5. The summed E-state index contributed by atoms with van der Waals surface area (Å²) in [5.41, 5.74) is 1.36. The topological polar surface area (TPSA) is 44.8 Å². The summed E-state index contributed by atoms with van der Waals surface area (Å²) in [5.74, 6) is 0.198. The molecule has 3 rings (SSSR count). The number of nitrogens with zero attached hydrogens (tertiary/aromatic N) is 2. The van der Waals surface area contributed by atoms with E-state index in [0.29, 0.717) is 13.0 Å². The van der Waals surface area contributed by atoms with Crippen molar-refractivity contribution in [1.82, 2.24) is 15.1 Å². The van der Waals surface area contributed by atoms with Crippen LogP contribution in [-0.4, -0.2) is 67.6 Å². The molecular formula is C19H29N3O2. The summed E-state index contributed by atoms with van der Waals surface area (Å²) in [5, 5.41) is 3.01. The first-order valence-electron chi connectivity index (χ1n) is 9.00. The van der Waals surface area contributed by atoms with Gasteiger partial charge in [-0.05, 0) is 25.5 Å². The van der Waals surface area contributed by atoms with Crippen molar-refractivity contribution in [2.45, 2.75) is 31.4 Å². The number of ether oxygens (including phenoxy) is 1. The zero-order valence-corrected chi connectivity index (χ0v) is 14.7. The first kappa shape index (κ1) is 17.4. The zero-order chi connectivity index (χ0) is 16.8. The fourth-order valence-corrected chi connectivity index (χ4v) is 3.83. The van der Waals surface area contributed by atoms with E-state index in [1.807, 2.05) is 18.2 Å². The molecule has 5 nitrogen and oxygen atoms in total. The highest BCUT2D eigenvalue weighted by molar-refractivity contribution is 5.76. The number of carbonyl (C=O) groups excluding carboxylic acids is 1. The molecule has 24 heavy (non-hydrogen) atoms. The largest absolute Gasteiger partial charge is 0.375 e. The molecule has 0 bridgehead atoms. The van der Waals surface area contributed by atoms with Crippen molar-refractivity contribution in [3.05, 3.63) is 35.9 Å². The van der Waals surface area contributed by atoms with Crippen LogP contribution in [0.15, 0.2) is 30.3 Å². The summed E-state index contributed by atoms with van der Waals surface area (Å²) in [4.78, 5) is 16.6. The maximum Gasteiger partial charge on any atom is 0.220 e. The van der Waals surface area contributed by atoms with E-state index in [1.54, 1.807) is 0 Å². The Kier molecular flexibility index (Phi) is 5.87. The highest BCUT2D eigenvalue weighted by Gasteiger charge is 2.40. The summed E-state index contributed by atoms with van der Waals surface area (Å²) >= 11 is 0. The molecule has 0 aromatic heterocycles. The third kappa shape index (κ3) is 4.35. The maximum atomic E-state index is 11.7. The minimum absolute atomic E-state index is 0.136. The molecule has 1 N–H and O–H groups in total. The van der Waals surface area contributed by atoms with Crippen molar-refractivity contribution >= 4 is 5.91 Å². The lowest BCUT2D eigenvalue weighted by molar-refractivity contribution is -0.121. The first-order chi connectivity index (χ1) is 11.7. The van der Waals surface area contributed by atoms with Gasteiger partial charge in [-0.2, -0.15) is 0 Å². The van der Waals surface area contributed by atoms with Gasteiger partial charge in [0.25, 0.3) is 0 Å². The second-order valence-electron chi connectivity index (χ2n) is 7.06. The van der Waals surface area contributed by atoms with Gasteiger partial charge in [-0.3, -0.25) is 14.6 Å². The second kappa shape index (κ2) is 8.10. The van der Waals surface area contributed by atoms with Crippen molar-refractivity contribution < 1.29 is 9.53 Å². The molecule has 1 spiro atoms. The highest BCUT2D eigenvalue weighted by Crippen LogP contribution is 2.30. The Labute approximate surface area is 145 Å². The average molecular weight is 331 g/mol. The van der Waals surface area contributed by atoms with E-state index in [0.717, 1.165) is 52.2 Å². The summed E-state index contributed by atoms with van der Waals surface area (Å²) < 4.78 is 5.85. The number of piperazine rings is 1. The molecule has 132 valence electrons.